The van der Waals surface area contributed by atoms with Crippen molar-refractivity contribution in [1.29, 1.82) is 0 Å². The van der Waals surface area contributed by atoms with Crippen LogP contribution in [-0.2, 0) is 64.2 Å². The van der Waals surface area contributed by atoms with Gasteiger partial charge in [0.05, 0.1) is 37.4 Å². The van der Waals surface area contributed by atoms with E-state index in [1.165, 1.54) is 57.9 Å². The zero-order valence-corrected chi connectivity index (χ0v) is 47.5. The number of phenolic OH excluding ortho intramolecular Hbond substituents is 1. The number of rotatable bonds is 24. The number of aliphatic hydroxyl groups is 6. The van der Waals surface area contributed by atoms with Gasteiger partial charge < -0.3 is 90.5 Å². The molecule has 0 radical (unpaired) electrons. The van der Waals surface area contributed by atoms with Gasteiger partial charge in [-0.1, -0.05) is 97.0 Å². The first kappa shape index (κ1) is 67.6. The van der Waals surface area contributed by atoms with Crippen LogP contribution in [0.3, 0.4) is 0 Å². The van der Waals surface area contributed by atoms with Gasteiger partial charge in [0, 0.05) is 38.3 Å². The number of aliphatic hydroxyl groups excluding tert-OH is 6. The molecule has 14 N–H and O–H groups in total. The summed E-state index contributed by atoms with van der Waals surface area (Å²) in [6, 6.07) is -8.11. The van der Waals surface area contributed by atoms with Crippen LogP contribution >= 0.6 is 0 Å². The minimum atomic E-state index is -3.18. The molecule has 4 rings (SSSR count). The first-order valence-corrected chi connectivity index (χ1v) is 27.6. The monoisotopic (exact) mass is 1130 g/mol. The molecule has 8 amide bonds. The fourth-order valence-electron chi connectivity index (χ4n) is 9.84. The molecule has 1 aromatic rings. The van der Waals surface area contributed by atoms with E-state index in [0.717, 1.165) is 54.0 Å². The zero-order chi connectivity index (χ0) is 56.9. The normalized spacial score (nSPS) is 26.5. The van der Waals surface area contributed by atoms with Crippen molar-refractivity contribution < 1.29 is 116 Å². The molecule has 0 spiro atoms. The first-order valence-electron chi connectivity index (χ1n) is 26.6. The van der Waals surface area contributed by atoms with E-state index >= 15 is 0 Å². The Morgan fingerprint density at radius 3 is 1.96 bits per heavy atom. The Morgan fingerprint density at radius 2 is 1.37 bits per heavy atom. The molecule has 3 fully saturated rings. The number of carbonyl (C=O) groups is 8. The van der Waals surface area contributed by atoms with E-state index in [0.29, 0.717) is 6.42 Å². The van der Waals surface area contributed by atoms with Crippen LogP contribution in [0.25, 0.3) is 0 Å². The van der Waals surface area contributed by atoms with Crippen LogP contribution in [0, 0.1) is 5.92 Å². The van der Waals surface area contributed by atoms with Gasteiger partial charge in [0.1, 0.15) is 59.2 Å². The van der Waals surface area contributed by atoms with Crippen LogP contribution in [0.1, 0.15) is 135 Å². The van der Waals surface area contributed by atoms with Crippen LogP contribution in [0.5, 0.6) is 11.5 Å². The Balaban J connectivity index is 0.0000160. The minimum Gasteiger partial charge on any atom is -0.530 e. The topological polar surface area (TPSA) is 414 Å². The van der Waals surface area contributed by atoms with Gasteiger partial charge in [-0.05, 0) is 37.0 Å². The summed E-state index contributed by atoms with van der Waals surface area (Å²) in [7, 11) is -3.18. The Bertz CT molecular complexity index is 2260. The maximum absolute atomic E-state index is 14.5. The van der Waals surface area contributed by atoms with E-state index in [1.54, 1.807) is 0 Å². The number of nitrogens with zero attached hydrogens (tertiary/aromatic N) is 2. The Morgan fingerprint density at radius 1 is 0.769 bits per heavy atom. The fourth-order valence-corrected chi connectivity index (χ4v) is 10.1. The number of hydrogen-bond donors (Lipinski definition) is 13. The number of phenols is 1. The second-order valence-electron chi connectivity index (χ2n) is 20.3. The molecule has 1 aromatic carbocycles. The molecule has 12 atom stereocenters. The number of nitrogens with two attached hydrogens (primary N) is 1. The molecular formula is C50H79N8NaO18S. The predicted molar refractivity (Wildman–Crippen MR) is 272 cm³/mol. The van der Waals surface area contributed by atoms with Gasteiger partial charge in [0.25, 0.3) is 0 Å². The van der Waals surface area contributed by atoms with Gasteiger partial charge in [0.2, 0.25) is 47.3 Å². The third-order valence-electron chi connectivity index (χ3n) is 14.1. The van der Waals surface area contributed by atoms with Crippen molar-refractivity contribution in [3.63, 3.8) is 0 Å². The molecule has 0 aliphatic carbocycles. The molecule has 0 bridgehead atoms. The van der Waals surface area contributed by atoms with Crippen molar-refractivity contribution in [3.05, 3.63) is 23.8 Å². The number of benzene rings is 1. The largest absolute Gasteiger partial charge is 1.00 e. The van der Waals surface area contributed by atoms with Gasteiger partial charge >= 0.3 is 29.6 Å². The van der Waals surface area contributed by atoms with Crippen LogP contribution in [-0.4, -0.2) is 179 Å². The van der Waals surface area contributed by atoms with Crippen LogP contribution in [0.15, 0.2) is 18.2 Å². The minimum absolute atomic E-state index is 0. The molecule has 3 heterocycles. The first-order chi connectivity index (χ1) is 36.6. The van der Waals surface area contributed by atoms with Gasteiger partial charge in [0.15, 0.2) is 5.75 Å². The van der Waals surface area contributed by atoms with Crippen molar-refractivity contribution in [1.82, 2.24) is 36.4 Å². The van der Waals surface area contributed by atoms with Crippen LogP contribution in [0.4, 0.5) is 0 Å². The molecule has 0 aromatic heterocycles. The quantitative estimate of drug-likeness (QED) is 0.0262. The average molecular weight is 1140 g/mol. The number of unbranched alkanes of at least 4 members (excludes halogenated alkanes) is 12. The number of carbonyl (C=O) groups excluding carboxylic acids is 8. The predicted octanol–water partition coefficient (Wildman–Crippen LogP) is -5.05. The van der Waals surface area contributed by atoms with E-state index in [4.69, 9.17) is 5.73 Å². The zero-order valence-electron chi connectivity index (χ0n) is 44.7. The summed E-state index contributed by atoms with van der Waals surface area (Å²) in [6.45, 7) is 1.61. The van der Waals surface area contributed by atoms with Gasteiger partial charge in [-0.25, -0.2) is 0 Å². The third kappa shape index (κ3) is 20.7. The van der Waals surface area contributed by atoms with E-state index in [1.807, 2.05) is 0 Å². The molecule has 26 nitrogen and oxygen atoms in total. The summed E-state index contributed by atoms with van der Waals surface area (Å²) >= 11 is 0. The van der Waals surface area contributed by atoms with Crippen LogP contribution < -0.4 is 66.1 Å². The molecule has 3 aliphatic rings. The smallest absolute Gasteiger partial charge is 0.530 e. The Labute approximate surface area is 477 Å². The van der Waals surface area contributed by atoms with E-state index in [2.05, 4.69) is 37.7 Å². The maximum atomic E-state index is 14.5. The van der Waals surface area contributed by atoms with Crippen molar-refractivity contribution in [2.45, 2.75) is 203 Å². The molecular weight excluding hydrogens is 1060 g/mol. The van der Waals surface area contributed by atoms with Crippen molar-refractivity contribution in [2.24, 2.45) is 11.7 Å². The summed E-state index contributed by atoms with van der Waals surface area (Å²) in [5, 5.41) is 88.6. The SMILES string of the molecule is CCCCCCCCCCCCCCCC(=O)NC1CCC(O)NC(=O)C2C(O)C(C)CN2C(=O)C(C(O)CC(N)=O)NC(=O)C(C(O)Cc2ccc(O)c(O[S-](=O)=O)c2)NC(=O)C2CC(O)CN2C(=O)C(CO)NC1=O.[Na+]. The number of hydrogen-bond acceptors (Lipinski definition) is 19. The second-order valence-corrected chi connectivity index (χ2v) is 20.9. The van der Waals surface area contributed by atoms with Crippen molar-refractivity contribution >= 4 is 58.2 Å². The second kappa shape index (κ2) is 33.8. The van der Waals surface area contributed by atoms with Gasteiger partial charge in [-0.15, -0.1) is 0 Å². The van der Waals surface area contributed by atoms with E-state index in [-0.39, 0.29) is 41.5 Å². The number of fused-ring (bicyclic) bond motifs is 2. The summed E-state index contributed by atoms with van der Waals surface area (Å²) in [5.74, 6) is -11.1. The molecule has 3 saturated heterocycles. The molecule has 434 valence electrons. The summed E-state index contributed by atoms with van der Waals surface area (Å²) in [4.78, 5) is 112. The third-order valence-corrected chi connectivity index (χ3v) is 14.4. The number of nitrogens with one attached hydrogen (secondary N) is 5. The molecule has 78 heavy (non-hydrogen) atoms. The Hall–Kier alpha value is -4.71. The van der Waals surface area contributed by atoms with Crippen LogP contribution in [0.2, 0.25) is 0 Å². The molecule has 3 aliphatic heterocycles. The van der Waals surface area contributed by atoms with Crippen molar-refractivity contribution in [2.75, 3.05) is 19.7 Å². The molecule has 0 saturated carbocycles. The van der Waals surface area contributed by atoms with Gasteiger partial charge in [-0.2, -0.15) is 0 Å². The fraction of sp³-hybridized carbons (Fsp3) is 0.720. The van der Waals surface area contributed by atoms with E-state index < -0.39 is 194 Å². The number of amides is 8. The Kier molecular flexibility index (Phi) is 29.3. The molecule has 12 unspecified atom stereocenters. The summed E-state index contributed by atoms with van der Waals surface area (Å²) in [6.07, 6.45) is 1.81. The summed E-state index contributed by atoms with van der Waals surface area (Å²) in [5.41, 5.74) is 5.34. The van der Waals surface area contributed by atoms with Gasteiger partial charge in [-0.3, -0.25) is 38.4 Å². The number of aromatic hydroxyl groups is 1. The summed E-state index contributed by atoms with van der Waals surface area (Å²) < 4.78 is 27.2. The van der Waals surface area contributed by atoms with E-state index in [9.17, 15) is 82.5 Å². The standard InChI is InChI=1S/C50H79N8O18S.Na/c1-3-4-5-6-7-8-9-10-11-12-13-14-15-16-39(65)52-31-18-20-40(66)54-48(71)43-44(67)28(2)25-58(43)50(73)42(36(63)24-38(51)64)56-47(70)41(35(62)21-29-17-19-34(61)37(22-29)76-77(74)75)55-46(69)33-23-30(60)26-57(33)49(72)32(27-59)53-45(31)68;/h17,19,22,28,30-33,35-36,40-44,59-63,66-67H,3-16,18,20-21,23-27H2,1-2H3,(H2,51,64)(H,52,65)(H,53,68)(H,54,71)(H,55,69)(H,56,70);/q-1;+1. The maximum Gasteiger partial charge on any atom is 1.00 e. The van der Waals surface area contributed by atoms with Crippen molar-refractivity contribution in [3.8, 4) is 11.5 Å². The number of primary amides is 1. The molecule has 28 heteroatoms. The average Bonchev–Trinajstić information content (AvgIpc) is 3.91.